The monoisotopic (exact) mass is 310 g/mol. The number of nitrogen functional groups attached to an aromatic ring is 1. The molecule has 0 bridgehead atoms. The summed E-state index contributed by atoms with van der Waals surface area (Å²) < 4.78 is 45.1. The Morgan fingerprint density at radius 1 is 1.47 bits per heavy atom. The summed E-state index contributed by atoms with van der Waals surface area (Å²) in [6, 6.07) is 2.17. The van der Waals surface area contributed by atoms with Crippen LogP contribution in [0.5, 0.6) is 0 Å². The number of hydrogen-bond acceptors (Lipinski definition) is 4. The number of sulfonamides is 1. The summed E-state index contributed by atoms with van der Waals surface area (Å²) in [7, 11) is -2.60. The molecule has 3 N–H and O–H groups in total. The third kappa shape index (κ3) is 4.04. The predicted octanol–water partition coefficient (Wildman–Crippen LogP) is 1.76. The average Bonchev–Trinajstić information content (AvgIpc) is 2.31. The van der Waals surface area contributed by atoms with Gasteiger partial charge in [0, 0.05) is 19.3 Å². The third-order valence-corrected chi connectivity index (χ3v) is 4.22. The minimum atomic E-state index is -4.05. The van der Waals surface area contributed by atoms with E-state index in [1.807, 2.05) is 0 Å². The van der Waals surface area contributed by atoms with Crippen LogP contribution in [0.4, 0.5) is 10.1 Å². The molecule has 0 aliphatic carbocycles. The van der Waals surface area contributed by atoms with Crippen LogP contribution >= 0.6 is 11.6 Å². The van der Waals surface area contributed by atoms with Crippen LogP contribution in [0.3, 0.4) is 0 Å². The number of benzene rings is 1. The Bertz CT molecular complexity index is 576. The van der Waals surface area contributed by atoms with Gasteiger partial charge in [-0.05, 0) is 26.0 Å². The van der Waals surface area contributed by atoms with Crippen molar-refractivity contribution < 1.29 is 17.5 Å². The van der Waals surface area contributed by atoms with Crippen molar-refractivity contribution in [3.8, 4) is 0 Å². The normalized spacial score (nSPS) is 12.7. The summed E-state index contributed by atoms with van der Waals surface area (Å²) in [5.74, 6) is -1.03. The van der Waals surface area contributed by atoms with Gasteiger partial charge in [0.15, 0.2) is 5.82 Å². The summed E-state index contributed by atoms with van der Waals surface area (Å²) in [6.45, 7) is 3.37. The molecule has 108 valence electrons. The van der Waals surface area contributed by atoms with E-state index in [1.54, 1.807) is 13.8 Å². The minimum Gasteiger partial charge on any atom is -0.399 e. The Morgan fingerprint density at radius 2 is 2.05 bits per heavy atom. The van der Waals surface area contributed by atoms with E-state index in [-0.39, 0.29) is 17.3 Å². The summed E-state index contributed by atoms with van der Waals surface area (Å²) in [4.78, 5) is -0.579. The van der Waals surface area contributed by atoms with Gasteiger partial charge in [0.25, 0.3) is 0 Å². The molecule has 0 saturated carbocycles. The lowest BCUT2D eigenvalue weighted by atomic mass is 10.1. The fourth-order valence-corrected chi connectivity index (χ4v) is 2.81. The maximum Gasteiger partial charge on any atom is 0.243 e. The molecular weight excluding hydrogens is 295 g/mol. The van der Waals surface area contributed by atoms with Crippen LogP contribution < -0.4 is 10.5 Å². The highest BCUT2D eigenvalue weighted by atomic mass is 35.5. The lowest BCUT2D eigenvalue weighted by molar-refractivity contribution is 0.0276. The molecule has 5 nitrogen and oxygen atoms in total. The van der Waals surface area contributed by atoms with Crippen LogP contribution in [0.2, 0.25) is 5.02 Å². The lowest BCUT2D eigenvalue weighted by Gasteiger charge is -2.23. The van der Waals surface area contributed by atoms with Gasteiger partial charge in [0.05, 0.1) is 10.6 Å². The molecule has 8 heteroatoms. The van der Waals surface area contributed by atoms with Gasteiger partial charge in [-0.25, -0.2) is 17.5 Å². The molecule has 0 heterocycles. The van der Waals surface area contributed by atoms with E-state index in [0.717, 1.165) is 12.1 Å². The number of halogens is 2. The van der Waals surface area contributed by atoms with Gasteiger partial charge in [0.1, 0.15) is 4.90 Å². The highest BCUT2D eigenvalue weighted by Gasteiger charge is 2.25. The smallest absolute Gasteiger partial charge is 0.243 e. The Balaban J connectivity index is 3.08. The van der Waals surface area contributed by atoms with Crippen molar-refractivity contribution in [1.82, 2.24) is 4.72 Å². The van der Waals surface area contributed by atoms with Crippen LogP contribution in [-0.2, 0) is 14.8 Å². The fraction of sp³-hybridized carbons (Fsp3) is 0.455. The van der Waals surface area contributed by atoms with Gasteiger partial charge in [-0.3, -0.25) is 0 Å². The number of hydrogen-bond donors (Lipinski definition) is 2. The summed E-state index contributed by atoms with van der Waals surface area (Å²) in [5, 5.41) is -0.341. The maximum absolute atomic E-state index is 13.7. The van der Waals surface area contributed by atoms with E-state index in [2.05, 4.69) is 4.72 Å². The number of anilines is 1. The Labute approximate surface area is 116 Å². The Morgan fingerprint density at radius 3 is 2.58 bits per heavy atom. The molecule has 0 aromatic heterocycles. The molecule has 19 heavy (non-hydrogen) atoms. The van der Waals surface area contributed by atoms with Crippen LogP contribution in [0, 0.1) is 5.82 Å². The highest BCUT2D eigenvalue weighted by Crippen LogP contribution is 2.25. The van der Waals surface area contributed by atoms with E-state index in [9.17, 15) is 12.8 Å². The molecule has 1 rings (SSSR count). The SMILES string of the molecule is COC(C)(C)CNS(=O)(=O)c1cc(N)cc(Cl)c1F. The molecule has 0 spiro atoms. The second-order valence-corrected chi connectivity index (χ2v) is 6.75. The van der Waals surface area contributed by atoms with E-state index >= 15 is 0 Å². The lowest BCUT2D eigenvalue weighted by Crippen LogP contribution is -2.39. The van der Waals surface area contributed by atoms with Crippen molar-refractivity contribution in [2.45, 2.75) is 24.3 Å². The van der Waals surface area contributed by atoms with Crippen LogP contribution in [0.1, 0.15) is 13.8 Å². The molecule has 0 aliphatic rings. The summed E-state index contributed by atoms with van der Waals surface area (Å²) in [6.07, 6.45) is 0. The van der Waals surface area contributed by atoms with E-state index in [1.165, 1.54) is 7.11 Å². The Kier molecular flexibility index (Phi) is 4.78. The molecule has 0 unspecified atom stereocenters. The van der Waals surface area contributed by atoms with Gasteiger partial charge < -0.3 is 10.5 Å². The van der Waals surface area contributed by atoms with Crippen LogP contribution in [-0.4, -0.2) is 27.7 Å². The first-order valence-corrected chi connectivity index (χ1v) is 7.24. The van der Waals surface area contributed by atoms with Gasteiger partial charge in [-0.1, -0.05) is 11.6 Å². The fourth-order valence-electron chi connectivity index (χ4n) is 1.20. The number of nitrogens with one attached hydrogen (secondary N) is 1. The first kappa shape index (κ1) is 16.2. The maximum atomic E-state index is 13.7. The van der Waals surface area contributed by atoms with E-state index < -0.39 is 26.3 Å². The van der Waals surface area contributed by atoms with E-state index in [0.29, 0.717) is 0 Å². The number of nitrogens with two attached hydrogens (primary N) is 1. The minimum absolute atomic E-state index is 0.0162. The Hall–Kier alpha value is -0.890. The molecule has 0 aliphatic heterocycles. The van der Waals surface area contributed by atoms with Crippen molar-refractivity contribution in [3.05, 3.63) is 23.0 Å². The second-order valence-electron chi connectivity index (χ2n) is 4.60. The van der Waals surface area contributed by atoms with Crippen molar-refractivity contribution >= 4 is 27.3 Å². The van der Waals surface area contributed by atoms with Gasteiger partial charge in [-0.15, -0.1) is 0 Å². The first-order chi connectivity index (χ1) is 8.59. The molecule has 0 fully saturated rings. The third-order valence-electron chi connectivity index (χ3n) is 2.55. The number of rotatable bonds is 5. The van der Waals surface area contributed by atoms with Crippen LogP contribution in [0.25, 0.3) is 0 Å². The summed E-state index contributed by atoms with van der Waals surface area (Å²) in [5.41, 5.74) is 4.82. The predicted molar refractivity (Wildman–Crippen MR) is 72.1 cm³/mol. The molecular formula is C11H16ClFN2O3S. The zero-order valence-corrected chi connectivity index (χ0v) is 12.4. The van der Waals surface area contributed by atoms with Crippen molar-refractivity contribution in [3.63, 3.8) is 0 Å². The second kappa shape index (κ2) is 5.62. The highest BCUT2D eigenvalue weighted by molar-refractivity contribution is 7.89. The molecule has 0 saturated heterocycles. The molecule has 0 radical (unpaired) electrons. The first-order valence-electron chi connectivity index (χ1n) is 5.38. The molecule has 1 aromatic rings. The topological polar surface area (TPSA) is 81.4 Å². The van der Waals surface area contributed by atoms with Gasteiger partial charge in [-0.2, -0.15) is 0 Å². The number of methoxy groups -OCH3 is 1. The van der Waals surface area contributed by atoms with Crippen molar-refractivity contribution in [1.29, 1.82) is 0 Å². The molecule has 0 amide bonds. The standard InChI is InChI=1S/C11H16ClFN2O3S/c1-11(2,18-3)6-15-19(16,17)9-5-7(14)4-8(12)10(9)13/h4-5,15H,6,14H2,1-3H3. The van der Waals surface area contributed by atoms with E-state index in [4.69, 9.17) is 22.1 Å². The van der Waals surface area contributed by atoms with Gasteiger partial charge >= 0.3 is 0 Å². The van der Waals surface area contributed by atoms with Crippen molar-refractivity contribution in [2.75, 3.05) is 19.4 Å². The quantitative estimate of drug-likeness (QED) is 0.812. The summed E-state index contributed by atoms with van der Waals surface area (Å²) >= 11 is 5.57. The zero-order valence-electron chi connectivity index (χ0n) is 10.8. The van der Waals surface area contributed by atoms with Crippen LogP contribution in [0.15, 0.2) is 17.0 Å². The molecule has 1 aromatic carbocycles. The largest absolute Gasteiger partial charge is 0.399 e. The number of ether oxygens (including phenoxy) is 1. The zero-order chi connectivity index (χ0) is 14.8. The van der Waals surface area contributed by atoms with Gasteiger partial charge in [0.2, 0.25) is 10.0 Å². The van der Waals surface area contributed by atoms with Crippen molar-refractivity contribution in [2.24, 2.45) is 0 Å². The molecule has 0 atom stereocenters. The average molecular weight is 311 g/mol.